The highest BCUT2D eigenvalue weighted by atomic mass is 32.2. The Balaban J connectivity index is 1.96. The molecule has 23 heavy (non-hydrogen) atoms. The summed E-state index contributed by atoms with van der Waals surface area (Å²) in [6.45, 7) is 2.28. The van der Waals surface area contributed by atoms with Gasteiger partial charge in [-0.1, -0.05) is 12.1 Å². The van der Waals surface area contributed by atoms with Crippen LogP contribution in [0.3, 0.4) is 0 Å². The number of rotatable bonds is 4. The predicted molar refractivity (Wildman–Crippen MR) is 90.1 cm³/mol. The lowest BCUT2D eigenvalue weighted by molar-refractivity contribution is 0.363. The highest BCUT2D eigenvalue weighted by Crippen LogP contribution is 2.37. The summed E-state index contributed by atoms with van der Waals surface area (Å²) in [6.07, 6.45) is 1.69. The van der Waals surface area contributed by atoms with Crippen LogP contribution in [0.1, 0.15) is 30.2 Å². The normalized spacial score (nSPS) is 19.2. The summed E-state index contributed by atoms with van der Waals surface area (Å²) >= 11 is 0. The maximum Gasteiger partial charge on any atom is 0.277 e. The largest absolute Gasteiger partial charge is 0.449 e. The van der Waals surface area contributed by atoms with Crippen molar-refractivity contribution in [2.45, 2.75) is 30.9 Å². The molecule has 0 N–H and O–H groups in total. The van der Waals surface area contributed by atoms with Crippen LogP contribution in [0.5, 0.6) is 0 Å². The van der Waals surface area contributed by atoms with Gasteiger partial charge in [0.25, 0.3) is 10.0 Å². The predicted octanol–water partition coefficient (Wildman–Crippen LogP) is 3.18. The fourth-order valence-electron chi connectivity index (χ4n) is 3.04. The van der Waals surface area contributed by atoms with Crippen molar-refractivity contribution in [2.75, 3.05) is 25.5 Å². The molecular formula is C17H22N2O3S. The summed E-state index contributed by atoms with van der Waals surface area (Å²) in [5.41, 5.74) is 2.10. The number of anilines is 1. The molecule has 5 nitrogen and oxygen atoms in total. The van der Waals surface area contributed by atoms with Crippen molar-refractivity contribution in [3.8, 4) is 0 Å². The van der Waals surface area contributed by atoms with E-state index in [0.29, 0.717) is 12.3 Å². The van der Waals surface area contributed by atoms with Gasteiger partial charge in [0.2, 0.25) is 5.09 Å². The smallest absolute Gasteiger partial charge is 0.277 e. The Morgan fingerprint density at radius 1 is 1.22 bits per heavy atom. The summed E-state index contributed by atoms with van der Waals surface area (Å²) in [5.74, 6) is 0.605. The van der Waals surface area contributed by atoms with E-state index in [-0.39, 0.29) is 11.1 Å². The molecule has 6 heteroatoms. The van der Waals surface area contributed by atoms with Gasteiger partial charge < -0.3 is 9.32 Å². The summed E-state index contributed by atoms with van der Waals surface area (Å²) in [5, 5.41) is 0.0330. The zero-order valence-corrected chi connectivity index (χ0v) is 14.5. The molecule has 2 heterocycles. The molecule has 1 aromatic carbocycles. The lowest BCUT2D eigenvalue weighted by Gasteiger charge is -2.24. The van der Waals surface area contributed by atoms with Crippen LogP contribution in [0.4, 0.5) is 5.69 Å². The number of hydrogen-bond donors (Lipinski definition) is 0. The first-order valence-corrected chi connectivity index (χ1v) is 9.19. The SMILES string of the molecule is Cc1ccc(S(=O)(=O)N2CCCC2c2cccc(N(C)C)c2)o1. The van der Waals surface area contributed by atoms with Crippen LogP contribution in [0.2, 0.25) is 0 Å². The summed E-state index contributed by atoms with van der Waals surface area (Å²) < 4.78 is 32.7. The number of hydrogen-bond acceptors (Lipinski definition) is 4. The van der Waals surface area contributed by atoms with Gasteiger partial charge in [-0.15, -0.1) is 0 Å². The Morgan fingerprint density at radius 3 is 2.65 bits per heavy atom. The first-order chi connectivity index (χ1) is 10.9. The van der Waals surface area contributed by atoms with Gasteiger partial charge in [-0.3, -0.25) is 0 Å². The molecule has 1 saturated heterocycles. The second kappa shape index (κ2) is 6.02. The van der Waals surface area contributed by atoms with E-state index in [9.17, 15) is 8.42 Å². The van der Waals surface area contributed by atoms with Crippen LogP contribution < -0.4 is 4.90 Å². The average Bonchev–Trinajstić information content (AvgIpc) is 3.16. The molecule has 3 rings (SSSR count). The number of furan rings is 1. The Bertz CT molecular complexity index is 796. The first kappa shape index (κ1) is 16.1. The second-order valence-corrected chi connectivity index (χ2v) is 7.95. The second-order valence-electron chi connectivity index (χ2n) is 6.13. The van der Waals surface area contributed by atoms with Crippen LogP contribution in [0.15, 0.2) is 45.9 Å². The zero-order chi connectivity index (χ0) is 16.6. The molecule has 0 saturated carbocycles. The van der Waals surface area contributed by atoms with Crippen molar-refractivity contribution in [1.82, 2.24) is 4.31 Å². The minimum Gasteiger partial charge on any atom is -0.449 e. The van der Waals surface area contributed by atoms with Crippen LogP contribution in [-0.4, -0.2) is 33.4 Å². The van der Waals surface area contributed by atoms with E-state index in [1.807, 2.05) is 37.2 Å². The highest BCUT2D eigenvalue weighted by molar-refractivity contribution is 7.89. The minimum absolute atomic E-state index is 0.0330. The highest BCUT2D eigenvalue weighted by Gasteiger charge is 2.37. The molecule has 1 atom stereocenters. The monoisotopic (exact) mass is 334 g/mol. The van der Waals surface area contributed by atoms with E-state index in [0.717, 1.165) is 24.1 Å². The Labute approximate surface area is 137 Å². The number of nitrogens with zero attached hydrogens (tertiary/aromatic N) is 2. The third-order valence-corrected chi connectivity index (χ3v) is 6.04. The first-order valence-electron chi connectivity index (χ1n) is 7.75. The van der Waals surface area contributed by atoms with E-state index in [1.54, 1.807) is 17.3 Å². The molecule has 0 bridgehead atoms. The van der Waals surface area contributed by atoms with E-state index >= 15 is 0 Å². The van der Waals surface area contributed by atoms with Crippen LogP contribution in [-0.2, 0) is 10.0 Å². The maximum atomic E-state index is 12.9. The molecular weight excluding hydrogens is 312 g/mol. The van der Waals surface area contributed by atoms with E-state index in [1.165, 1.54) is 6.07 Å². The fourth-order valence-corrected chi connectivity index (χ4v) is 4.68. The van der Waals surface area contributed by atoms with Gasteiger partial charge in [-0.25, -0.2) is 8.42 Å². The van der Waals surface area contributed by atoms with Crippen molar-refractivity contribution >= 4 is 15.7 Å². The Morgan fingerprint density at radius 2 is 2.00 bits per heavy atom. The molecule has 0 spiro atoms. The molecule has 2 aromatic rings. The molecule has 1 fully saturated rings. The lowest BCUT2D eigenvalue weighted by atomic mass is 10.0. The molecule has 0 radical (unpaired) electrons. The summed E-state index contributed by atoms with van der Waals surface area (Å²) in [7, 11) is 0.365. The Hall–Kier alpha value is -1.79. The summed E-state index contributed by atoms with van der Waals surface area (Å²) in [6, 6.07) is 11.1. The van der Waals surface area contributed by atoms with Crippen LogP contribution in [0.25, 0.3) is 0 Å². The van der Waals surface area contributed by atoms with Gasteiger partial charge in [0, 0.05) is 26.3 Å². The fraction of sp³-hybridized carbons (Fsp3) is 0.412. The molecule has 1 aliphatic heterocycles. The van der Waals surface area contributed by atoms with Gasteiger partial charge in [0.15, 0.2) is 0 Å². The third-order valence-electron chi connectivity index (χ3n) is 4.25. The minimum atomic E-state index is -3.60. The zero-order valence-electron chi connectivity index (χ0n) is 13.7. The van der Waals surface area contributed by atoms with Gasteiger partial charge in [0.1, 0.15) is 5.76 Å². The average molecular weight is 334 g/mol. The van der Waals surface area contributed by atoms with Crippen LogP contribution in [0, 0.1) is 6.92 Å². The van der Waals surface area contributed by atoms with E-state index in [2.05, 4.69) is 6.07 Å². The summed E-state index contributed by atoms with van der Waals surface area (Å²) in [4.78, 5) is 2.02. The Kier molecular flexibility index (Phi) is 4.21. The quantitative estimate of drug-likeness (QED) is 0.862. The maximum absolute atomic E-state index is 12.9. The topological polar surface area (TPSA) is 53.8 Å². The molecule has 0 aliphatic carbocycles. The molecule has 1 aliphatic rings. The molecule has 0 amide bonds. The molecule has 124 valence electrons. The lowest BCUT2D eigenvalue weighted by Crippen LogP contribution is -2.30. The standard InChI is InChI=1S/C17H22N2O3S/c1-13-9-10-17(22-13)23(20,21)19-11-5-8-16(19)14-6-4-7-15(12-14)18(2)3/h4,6-7,9-10,12,16H,5,8,11H2,1-3H3. The molecule has 1 unspecified atom stereocenters. The van der Waals surface area contributed by atoms with Crippen LogP contribution >= 0.6 is 0 Å². The van der Waals surface area contributed by atoms with Crippen molar-refractivity contribution in [3.05, 3.63) is 47.7 Å². The third kappa shape index (κ3) is 3.01. The van der Waals surface area contributed by atoms with Gasteiger partial charge >= 0.3 is 0 Å². The van der Waals surface area contributed by atoms with Gasteiger partial charge in [-0.2, -0.15) is 4.31 Å². The molecule has 1 aromatic heterocycles. The number of sulfonamides is 1. The van der Waals surface area contributed by atoms with E-state index < -0.39 is 10.0 Å². The number of aryl methyl sites for hydroxylation is 1. The van der Waals surface area contributed by atoms with E-state index in [4.69, 9.17) is 4.42 Å². The van der Waals surface area contributed by atoms with Crippen molar-refractivity contribution in [2.24, 2.45) is 0 Å². The van der Waals surface area contributed by atoms with Crippen molar-refractivity contribution in [3.63, 3.8) is 0 Å². The van der Waals surface area contributed by atoms with Gasteiger partial charge in [0.05, 0.1) is 6.04 Å². The van der Waals surface area contributed by atoms with Crippen molar-refractivity contribution in [1.29, 1.82) is 0 Å². The van der Waals surface area contributed by atoms with Gasteiger partial charge in [-0.05, 0) is 49.6 Å². The van der Waals surface area contributed by atoms with Crippen molar-refractivity contribution < 1.29 is 12.8 Å². The number of benzene rings is 1.